The fraction of sp³-hybridized carbons (Fsp3) is 0.381. The number of hydrogen-bond acceptors (Lipinski definition) is 4. The van der Waals surface area contributed by atoms with Gasteiger partial charge in [-0.1, -0.05) is 44.0 Å². The minimum absolute atomic E-state index is 0.683. The third-order valence-electron chi connectivity index (χ3n) is 4.90. The Morgan fingerprint density at radius 1 is 1.00 bits per heavy atom. The fourth-order valence-electron chi connectivity index (χ4n) is 3.25. The van der Waals surface area contributed by atoms with Gasteiger partial charge in [-0.25, -0.2) is 0 Å². The number of benzene rings is 2. The number of nitrogens with one attached hydrogen (secondary N) is 1. The van der Waals surface area contributed by atoms with Crippen LogP contribution < -0.4 is 16.8 Å². The van der Waals surface area contributed by atoms with Crippen LogP contribution in [0.5, 0.6) is 0 Å². The Labute approximate surface area is 150 Å². The lowest BCUT2D eigenvalue weighted by Crippen LogP contribution is -2.10. The molecular weight excluding hydrogens is 310 g/mol. The highest BCUT2D eigenvalue weighted by molar-refractivity contribution is 5.74. The molecule has 134 valence electrons. The molecule has 3 rings (SSSR count). The van der Waals surface area contributed by atoms with Crippen molar-refractivity contribution in [2.24, 2.45) is 5.92 Å². The lowest BCUT2D eigenvalue weighted by atomic mass is 9.79. The van der Waals surface area contributed by atoms with Crippen LogP contribution in [0.3, 0.4) is 0 Å². The second-order valence-electron chi connectivity index (χ2n) is 6.84. The summed E-state index contributed by atoms with van der Waals surface area (Å²) in [6, 6.07) is 13.5. The zero-order chi connectivity index (χ0) is 18.2. The van der Waals surface area contributed by atoms with E-state index in [1.807, 2.05) is 31.3 Å². The van der Waals surface area contributed by atoms with Gasteiger partial charge in [-0.2, -0.15) is 0 Å². The monoisotopic (exact) mass is 339 g/mol. The molecule has 25 heavy (non-hydrogen) atoms. The molecule has 0 radical (unpaired) electrons. The van der Waals surface area contributed by atoms with Crippen molar-refractivity contribution < 1.29 is 4.79 Å². The second kappa shape index (κ2) is 9.11. The topological polar surface area (TPSA) is 81.1 Å². The van der Waals surface area contributed by atoms with E-state index in [1.165, 1.54) is 31.2 Å². The maximum absolute atomic E-state index is 10.5. The second-order valence-corrected chi connectivity index (χ2v) is 6.84. The molecule has 0 spiro atoms. The van der Waals surface area contributed by atoms with Crippen LogP contribution in [0.15, 0.2) is 42.5 Å². The van der Waals surface area contributed by atoms with E-state index in [9.17, 15) is 4.79 Å². The Morgan fingerprint density at radius 2 is 1.64 bits per heavy atom. The summed E-state index contributed by atoms with van der Waals surface area (Å²) in [7, 11) is 1.82. The molecule has 0 saturated heterocycles. The molecule has 2 aromatic carbocycles. The third kappa shape index (κ3) is 5.52. The number of anilines is 3. The molecule has 2 aromatic rings. The third-order valence-corrected chi connectivity index (χ3v) is 4.90. The summed E-state index contributed by atoms with van der Waals surface area (Å²) >= 11 is 0. The summed E-state index contributed by atoms with van der Waals surface area (Å²) in [6.45, 7) is 2.34. The Kier molecular flexibility index (Phi) is 6.87. The van der Waals surface area contributed by atoms with Crippen LogP contribution in [0.4, 0.5) is 17.1 Å². The molecule has 0 atom stereocenters. The molecule has 0 heterocycles. The number of rotatable bonds is 3. The van der Waals surface area contributed by atoms with Gasteiger partial charge >= 0.3 is 0 Å². The highest BCUT2D eigenvalue weighted by atomic mass is 16.1. The van der Waals surface area contributed by atoms with Crippen molar-refractivity contribution in [3.63, 3.8) is 0 Å². The van der Waals surface area contributed by atoms with Gasteiger partial charge in [-0.05, 0) is 48.4 Å². The molecule has 4 heteroatoms. The average Bonchev–Trinajstić information content (AvgIpc) is 2.63. The summed E-state index contributed by atoms with van der Waals surface area (Å²) in [4.78, 5) is 10.5. The molecule has 1 fully saturated rings. The molecule has 4 nitrogen and oxygen atoms in total. The number of nitrogen functional groups attached to an aromatic ring is 2. The van der Waals surface area contributed by atoms with Crippen molar-refractivity contribution in [2.45, 2.75) is 38.5 Å². The van der Waals surface area contributed by atoms with Gasteiger partial charge in [-0.3, -0.25) is 4.79 Å². The number of aldehydes is 1. The lowest BCUT2D eigenvalue weighted by molar-refractivity contribution is 0.112. The first-order valence-electron chi connectivity index (χ1n) is 8.91. The maximum atomic E-state index is 10.5. The SMILES string of the molecule is CC1CCC(c2ccc(C=O)cc2)CC1.CNc1ccc(N)cc1N. The largest absolute Gasteiger partial charge is 0.399 e. The van der Waals surface area contributed by atoms with E-state index in [0.29, 0.717) is 11.4 Å². The summed E-state index contributed by atoms with van der Waals surface area (Å²) in [6.07, 6.45) is 6.22. The van der Waals surface area contributed by atoms with E-state index < -0.39 is 0 Å². The van der Waals surface area contributed by atoms with Gasteiger partial charge in [0, 0.05) is 18.3 Å². The van der Waals surface area contributed by atoms with E-state index in [2.05, 4.69) is 24.4 Å². The Bertz CT molecular complexity index is 674. The summed E-state index contributed by atoms with van der Waals surface area (Å²) in [5, 5.41) is 2.94. The molecule has 5 N–H and O–H groups in total. The molecule has 0 aromatic heterocycles. The predicted octanol–water partition coefficient (Wildman–Crippen LogP) is 4.69. The molecule has 0 amide bonds. The zero-order valence-electron chi connectivity index (χ0n) is 15.2. The normalized spacial score (nSPS) is 19.4. The van der Waals surface area contributed by atoms with Gasteiger partial charge in [-0.15, -0.1) is 0 Å². The predicted molar refractivity (Wildman–Crippen MR) is 107 cm³/mol. The molecule has 1 aliphatic rings. The highest BCUT2D eigenvalue weighted by Crippen LogP contribution is 2.35. The number of hydrogen-bond donors (Lipinski definition) is 3. The van der Waals surface area contributed by atoms with Gasteiger partial charge in [0.15, 0.2) is 0 Å². The summed E-state index contributed by atoms with van der Waals surface area (Å²) in [5.74, 6) is 1.62. The highest BCUT2D eigenvalue weighted by Gasteiger charge is 2.19. The van der Waals surface area contributed by atoms with Crippen LogP contribution >= 0.6 is 0 Å². The lowest BCUT2D eigenvalue weighted by Gasteiger charge is -2.26. The standard InChI is InChI=1S/C14H18O.C7H11N3/c1-11-2-6-13(7-3-11)14-8-4-12(10-15)5-9-14;1-10-7-3-2-5(8)4-6(7)9/h4-5,8-11,13H,2-3,6-7H2,1H3;2-4,10H,8-9H2,1H3. The number of carbonyl (C=O) groups excluding carboxylic acids is 1. The first kappa shape index (κ1) is 18.8. The quantitative estimate of drug-likeness (QED) is 0.560. The van der Waals surface area contributed by atoms with Crippen LogP contribution in [-0.4, -0.2) is 13.3 Å². The molecule has 0 bridgehead atoms. The molecule has 0 unspecified atom stereocenters. The molecular formula is C21H29N3O. The van der Waals surface area contributed by atoms with Crippen molar-refractivity contribution in [1.82, 2.24) is 0 Å². The average molecular weight is 339 g/mol. The van der Waals surface area contributed by atoms with Crippen molar-refractivity contribution in [1.29, 1.82) is 0 Å². The Morgan fingerprint density at radius 3 is 2.16 bits per heavy atom. The van der Waals surface area contributed by atoms with Crippen LogP contribution in [0, 0.1) is 5.92 Å². The Balaban J connectivity index is 0.000000196. The van der Waals surface area contributed by atoms with Crippen LogP contribution in [0.2, 0.25) is 0 Å². The van der Waals surface area contributed by atoms with E-state index in [4.69, 9.17) is 11.5 Å². The van der Waals surface area contributed by atoms with Crippen LogP contribution in [0.25, 0.3) is 0 Å². The minimum atomic E-state index is 0.683. The van der Waals surface area contributed by atoms with Gasteiger partial charge in [0.05, 0.1) is 11.4 Å². The molecule has 0 aliphatic heterocycles. The van der Waals surface area contributed by atoms with Crippen molar-refractivity contribution in [3.05, 3.63) is 53.6 Å². The smallest absolute Gasteiger partial charge is 0.150 e. The van der Waals surface area contributed by atoms with Crippen molar-refractivity contribution in [2.75, 3.05) is 23.8 Å². The van der Waals surface area contributed by atoms with Gasteiger partial charge < -0.3 is 16.8 Å². The summed E-state index contributed by atoms with van der Waals surface area (Å²) < 4.78 is 0. The van der Waals surface area contributed by atoms with Gasteiger partial charge in [0.25, 0.3) is 0 Å². The van der Waals surface area contributed by atoms with E-state index in [0.717, 1.165) is 29.4 Å². The van der Waals surface area contributed by atoms with Crippen molar-refractivity contribution in [3.8, 4) is 0 Å². The van der Waals surface area contributed by atoms with Crippen LogP contribution in [0.1, 0.15) is 54.4 Å². The molecule has 1 aliphatic carbocycles. The van der Waals surface area contributed by atoms with E-state index in [1.54, 1.807) is 6.07 Å². The summed E-state index contributed by atoms with van der Waals surface area (Å²) in [5.41, 5.74) is 15.5. The number of nitrogens with two attached hydrogens (primary N) is 2. The maximum Gasteiger partial charge on any atom is 0.150 e. The van der Waals surface area contributed by atoms with Crippen LogP contribution in [-0.2, 0) is 0 Å². The molecule has 1 saturated carbocycles. The first-order chi connectivity index (χ1) is 12.0. The zero-order valence-corrected chi connectivity index (χ0v) is 15.2. The van der Waals surface area contributed by atoms with E-state index in [-0.39, 0.29) is 0 Å². The van der Waals surface area contributed by atoms with Gasteiger partial charge in [0.1, 0.15) is 6.29 Å². The Hall–Kier alpha value is -2.49. The number of carbonyl (C=O) groups is 1. The minimum Gasteiger partial charge on any atom is -0.399 e. The fourth-order valence-corrected chi connectivity index (χ4v) is 3.25. The van der Waals surface area contributed by atoms with Crippen molar-refractivity contribution >= 4 is 23.3 Å². The van der Waals surface area contributed by atoms with E-state index >= 15 is 0 Å². The van der Waals surface area contributed by atoms with Gasteiger partial charge in [0.2, 0.25) is 0 Å². The first-order valence-corrected chi connectivity index (χ1v) is 8.91.